The predicted octanol–water partition coefficient (Wildman–Crippen LogP) is 4.01. The molecule has 2 heterocycles. The van der Waals surface area contributed by atoms with Crippen LogP contribution in [0.25, 0.3) is 10.2 Å². The highest BCUT2D eigenvalue weighted by Gasteiger charge is 2.16. The summed E-state index contributed by atoms with van der Waals surface area (Å²) in [5, 5.41) is 1.55. The molecule has 1 saturated heterocycles. The van der Waals surface area contributed by atoms with Gasteiger partial charge in [-0.2, -0.15) is 0 Å². The Morgan fingerprint density at radius 3 is 2.68 bits per heavy atom. The maximum atomic E-state index is 12.2. The van der Waals surface area contributed by atoms with E-state index in [1.807, 2.05) is 12.1 Å². The van der Waals surface area contributed by atoms with Gasteiger partial charge >= 0.3 is 5.97 Å². The Hall–Kier alpha value is -2.15. The van der Waals surface area contributed by atoms with E-state index in [1.165, 1.54) is 0 Å². The summed E-state index contributed by atoms with van der Waals surface area (Å²) in [6, 6.07) is 12.1. The summed E-state index contributed by atoms with van der Waals surface area (Å²) in [5.41, 5.74) is 1.36. The van der Waals surface area contributed by atoms with E-state index >= 15 is 0 Å². The predicted molar refractivity (Wildman–Crippen MR) is 99.1 cm³/mol. The number of halogens is 1. The summed E-state index contributed by atoms with van der Waals surface area (Å²) in [4.78, 5) is 19.1. The Kier molecular flexibility index (Phi) is 4.57. The summed E-state index contributed by atoms with van der Waals surface area (Å²) in [6.07, 6.45) is 0. The van der Waals surface area contributed by atoms with Gasteiger partial charge in [0, 0.05) is 24.2 Å². The van der Waals surface area contributed by atoms with Crippen LogP contribution in [0.3, 0.4) is 0 Å². The first-order valence-electron chi connectivity index (χ1n) is 7.90. The number of nitrogens with zero attached hydrogens (tertiary/aromatic N) is 2. The number of morpholine rings is 1. The highest BCUT2D eigenvalue weighted by Crippen LogP contribution is 2.32. The number of fused-ring (bicyclic) bond motifs is 1. The second kappa shape index (κ2) is 7.00. The lowest BCUT2D eigenvalue weighted by Gasteiger charge is -2.25. The number of carbonyl (C=O) groups is 1. The van der Waals surface area contributed by atoms with Gasteiger partial charge in [-0.15, -0.1) is 0 Å². The fourth-order valence-electron chi connectivity index (χ4n) is 2.60. The lowest BCUT2D eigenvalue weighted by Crippen LogP contribution is -2.36. The Labute approximate surface area is 153 Å². The lowest BCUT2D eigenvalue weighted by atomic mass is 10.2. The third kappa shape index (κ3) is 3.61. The monoisotopic (exact) mass is 374 g/mol. The summed E-state index contributed by atoms with van der Waals surface area (Å²) >= 11 is 7.43. The first-order valence-corrected chi connectivity index (χ1v) is 9.09. The number of rotatable bonds is 3. The van der Waals surface area contributed by atoms with Crippen molar-refractivity contribution < 1.29 is 14.3 Å². The molecule has 2 aromatic carbocycles. The summed E-state index contributed by atoms with van der Waals surface area (Å²) in [5.74, 6) is 0.0959. The molecule has 3 aromatic rings. The molecule has 0 spiro atoms. The fraction of sp³-hybridized carbons (Fsp3) is 0.222. The molecule has 1 aliphatic rings. The number of hydrogen-bond donors (Lipinski definition) is 0. The van der Waals surface area contributed by atoms with Gasteiger partial charge in [0.2, 0.25) is 0 Å². The molecule has 0 amide bonds. The normalized spacial score (nSPS) is 14.7. The van der Waals surface area contributed by atoms with Crippen molar-refractivity contribution in [3.8, 4) is 5.75 Å². The molecule has 0 N–H and O–H groups in total. The maximum Gasteiger partial charge on any atom is 0.343 e. The third-order valence-corrected chi connectivity index (χ3v) is 5.25. The zero-order valence-corrected chi connectivity index (χ0v) is 14.8. The molecule has 0 atom stereocenters. The molecule has 0 bridgehead atoms. The fourth-order valence-corrected chi connectivity index (χ4v) is 3.77. The van der Waals surface area contributed by atoms with E-state index in [1.54, 1.807) is 41.7 Å². The van der Waals surface area contributed by atoms with Crippen molar-refractivity contribution in [1.82, 2.24) is 4.98 Å². The van der Waals surface area contributed by atoms with Crippen LogP contribution < -0.4 is 9.64 Å². The minimum Gasteiger partial charge on any atom is -0.423 e. The number of benzene rings is 2. The molecule has 128 valence electrons. The van der Waals surface area contributed by atoms with Gasteiger partial charge < -0.3 is 14.4 Å². The largest absolute Gasteiger partial charge is 0.423 e. The third-order valence-electron chi connectivity index (χ3n) is 3.92. The number of anilines is 1. The van der Waals surface area contributed by atoms with Crippen LogP contribution in [-0.2, 0) is 4.74 Å². The minimum absolute atomic E-state index is 0.408. The zero-order valence-electron chi connectivity index (χ0n) is 13.3. The summed E-state index contributed by atoms with van der Waals surface area (Å²) in [7, 11) is 0. The van der Waals surface area contributed by atoms with Gasteiger partial charge in [0.1, 0.15) is 5.75 Å². The van der Waals surface area contributed by atoms with Crippen LogP contribution in [0.15, 0.2) is 42.5 Å². The minimum atomic E-state index is -0.408. The standard InChI is InChI=1S/C18H15ClN2O3S/c19-13-3-1-12(2-4-13)17(22)24-14-5-6-15-16(11-14)25-18(20-15)21-7-9-23-10-8-21/h1-6,11H,7-10H2. The highest BCUT2D eigenvalue weighted by atomic mass is 35.5. The van der Waals surface area contributed by atoms with E-state index in [9.17, 15) is 4.79 Å². The van der Waals surface area contributed by atoms with Crippen LogP contribution in [-0.4, -0.2) is 37.3 Å². The second-order valence-corrected chi connectivity index (χ2v) is 7.07. The van der Waals surface area contributed by atoms with Crippen LogP contribution in [0.4, 0.5) is 5.13 Å². The number of hydrogen-bond acceptors (Lipinski definition) is 6. The Morgan fingerprint density at radius 2 is 1.92 bits per heavy atom. The van der Waals surface area contributed by atoms with Crippen molar-refractivity contribution in [3.05, 3.63) is 53.1 Å². The van der Waals surface area contributed by atoms with Gasteiger partial charge in [-0.1, -0.05) is 22.9 Å². The molecule has 1 fully saturated rings. The average molecular weight is 375 g/mol. The SMILES string of the molecule is O=C(Oc1ccc2nc(N3CCOCC3)sc2c1)c1ccc(Cl)cc1. The maximum absolute atomic E-state index is 12.2. The zero-order chi connectivity index (χ0) is 17.2. The van der Waals surface area contributed by atoms with Gasteiger partial charge in [0.25, 0.3) is 0 Å². The highest BCUT2D eigenvalue weighted by molar-refractivity contribution is 7.22. The van der Waals surface area contributed by atoms with Crippen molar-refractivity contribution in [2.24, 2.45) is 0 Å². The molecular formula is C18H15ClN2O3S. The molecule has 5 nitrogen and oxygen atoms in total. The summed E-state index contributed by atoms with van der Waals surface area (Å²) in [6.45, 7) is 3.14. The Morgan fingerprint density at radius 1 is 1.16 bits per heavy atom. The van der Waals surface area contributed by atoms with Crippen molar-refractivity contribution in [2.45, 2.75) is 0 Å². The number of aromatic nitrogens is 1. The number of thiazole rings is 1. The molecule has 0 unspecified atom stereocenters. The van der Waals surface area contributed by atoms with Crippen LogP contribution in [0, 0.1) is 0 Å². The van der Waals surface area contributed by atoms with Crippen molar-refractivity contribution in [1.29, 1.82) is 0 Å². The quantitative estimate of drug-likeness (QED) is 0.512. The van der Waals surface area contributed by atoms with E-state index in [0.717, 1.165) is 41.7 Å². The molecule has 25 heavy (non-hydrogen) atoms. The molecule has 4 rings (SSSR count). The molecular weight excluding hydrogens is 360 g/mol. The van der Waals surface area contributed by atoms with Gasteiger partial charge in [-0.3, -0.25) is 0 Å². The average Bonchev–Trinajstić information content (AvgIpc) is 3.06. The van der Waals surface area contributed by atoms with Crippen molar-refractivity contribution >= 4 is 44.3 Å². The van der Waals surface area contributed by atoms with Gasteiger partial charge in [-0.25, -0.2) is 9.78 Å². The first kappa shape index (κ1) is 16.3. The van der Waals surface area contributed by atoms with Gasteiger partial charge in [0.15, 0.2) is 5.13 Å². The molecule has 0 saturated carbocycles. The smallest absolute Gasteiger partial charge is 0.343 e. The topological polar surface area (TPSA) is 51.7 Å². The van der Waals surface area contributed by atoms with E-state index in [4.69, 9.17) is 21.1 Å². The number of carbonyl (C=O) groups excluding carboxylic acids is 1. The van der Waals surface area contributed by atoms with E-state index in [0.29, 0.717) is 16.3 Å². The second-order valence-electron chi connectivity index (χ2n) is 5.62. The molecule has 0 radical (unpaired) electrons. The van der Waals surface area contributed by atoms with Gasteiger partial charge in [-0.05, 0) is 36.4 Å². The number of esters is 1. The van der Waals surface area contributed by atoms with Crippen molar-refractivity contribution in [2.75, 3.05) is 31.2 Å². The van der Waals surface area contributed by atoms with E-state index < -0.39 is 5.97 Å². The van der Waals surface area contributed by atoms with Crippen LogP contribution >= 0.6 is 22.9 Å². The Balaban J connectivity index is 1.54. The van der Waals surface area contributed by atoms with Crippen LogP contribution in [0.2, 0.25) is 5.02 Å². The molecule has 1 aliphatic heterocycles. The van der Waals surface area contributed by atoms with Crippen molar-refractivity contribution in [3.63, 3.8) is 0 Å². The lowest BCUT2D eigenvalue weighted by molar-refractivity contribution is 0.0735. The first-order chi connectivity index (χ1) is 12.2. The van der Waals surface area contributed by atoms with Gasteiger partial charge in [0.05, 0.1) is 29.0 Å². The molecule has 7 heteroatoms. The van der Waals surface area contributed by atoms with E-state index in [-0.39, 0.29) is 0 Å². The number of ether oxygens (including phenoxy) is 2. The van der Waals surface area contributed by atoms with Crippen LogP contribution in [0.5, 0.6) is 5.75 Å². The molecule has 1 aromatic heterocycles. The Bertz CT molecular complexity index is 904. The molecule has 0 aliphatic carbocycles. The van der Waals surface area contributed by atoms with E-state index in [2.05, 4.69) is 9.88 Å². The van der Waals surface area contributed by atoms with Crippen LogP contribution in [0.1, 0.15) is 10.4 Å². The summed E-state index contributed by atoms with van der Waals surface area (Å²) < 4.78 is 11.8.